The Morgan fingerprint density at radius 1 is 0.966 bits per heavy atom. The molecule has 154 valence electrons. The van der Waals surface area contributed by atoms with Gasteiger partial charge in [0, 0.05) is 38.8 Å². The summed E-state index contributed by atoms with van der Waals surface area (Å²) >= 11 is 0. The third-order valence-electron chi connectivity index (χ3n) is 5.90. The first-order valence-electron chi connectivity index (χ1n) is 11.0. The molecular weight excluding hydrogens is 360 g/mol. The van der Waals surface area contributed by atoms with E-state index in [1.165, 1.54) is 44.1 Å². The lowest BCUT2D eigenvalue weighted by atomic mass is 10.1. The largest absolute Gasteiger partial charge is 0.353 e. The SMILES string of the molecule is C(=C\c1ccccc1)/CN1CCN(c2cnnc(NC3CCCCCC3)n2)CC1. The van der Waals surface area contributed by atoms with E-state index in [1.54, 1.807) is 6.20 Å². The summed E-state index contributed by atoms with van der Waals surface area (Å²) in [5.74, 6) is 1.62. The van der Waals surface area contributed by atoms with Crippen LogP contribution < -0.4 is 10.2 Å². The second-order valence-corrected chi connectivity index (χ2v) is 8.07. The summed E-state index contributed by atoms with van der Waals surface area (Å²) in [6.07, 6.45) is 14.0. The lowest BCUT2D eigenvalue weighted by Crippen LogP contribution is -2.46. The maximum atomic E-state index is 4.76. The van der Waals surface area contributed by atoms with Gasteiger partial charge in [0.05, 0.1) is 6.20 Å². The monoisotopic (exact) mass is 392 g/mol. The van der Waals surface area contributed by atoms with Crippen LogP contribution in [0.25, 0.3) is 6.08 Å². The minimum absolute atomic E-state index is 0.489. The Bertz CT molecular complexity index is 762. The van der Waals surface area contributed by atoms with Crippen molar-refractivity contribution in [2.24, 2.45) is 0 Å². The van der Waals surface area contributed by atoms with Crippen LogP contribution in [-0.4, -0.2) is 58.8 Å². The number of nitrogens with zero attached hydrogens (tertiary/aromatic N) is 5. The van der Waals surface area contributed by atoms with Crippen molar-refractivity contribution < 1.29 is 0 Å². The molecule has 1 aliphatic heterocycles. The highest BCUT2D eigenvalue weighted by atomic mass is 15.3. The minimum Gasteiger partial charge on any atom is -0.353 e. The zero-order valence-corrected chi connectivity index (χ0v) is 17.2. The van der Waals surface area contributed by atoms with Crippen molar-refractivity contribution in [1.29, 1.82) is 0 Å². The van der Waals surface area contributed by atoms with Gasteiger partial charge in [-0.15, -0.1) is 5.10 Å². The van der Waals surface area contributed by atoms with Gasteiger partial charge in [-0.2, -0.15) is 10.1 Å². The molecule has 1 aromatic carbocycles. The van der Waals surface area contributed by atoms with Gasteiger partial charge in [0.2, 0.25) is 5.95 Å². The molecule has 1 aromatic heterocycles. The summed E-state index contributed by atoms with van der Waals surface area (Å²) in [7, 11) is 0. The first kappa shape index (κ1) is 19.8. The predicted octanol–water partition coefficient (Wildman–Crippen LogP) is 3.84. The van der Waals surface area contributed by atoms with Gasteiger partial charge in [-0.1, -0.05) is 68.2 Å². The molecule has 0 atom stereocenters. The molecule has 0 bridgehead atoms. The fourth-order valence-corrected chi connectivity index (χ4v) is 4.18. The minimum atomic E-state index is 0.489. The molecule has 4 rings (SSSR count). The van der Waals surface area contributed by atoms with Gasteiger partial charge in [0.25, 0.3) is 0 Å². The molecule has 6 heteroatoms. The van der Waals surface area contributed by atoms with E-state index < -0.39 is 0 Å². The third kappa shape index (κ3) is 6.00. The molecule has 2 aliphatic rings. The zero-order chi connectivity index (χ0) is 19.7. The van der Waals surface area contributed by atoms with Crippen molar-refractivity contribution >= 4 is 17.8 Å². The third-order valence-corrected chi connectivity index (χ3v) is 5.90. The topological polar surface area (TPSA) is 57.2 Å². The summed E-state index contributed by atoms with van der Waals surface area (Å²) in [4.78, 5) is 9.56. The van der Waals surface area contributed by atoms with Crippen molar-refractivity contribution in [2.45, 2.75) is 44.6 Å². The summed E-state index contributed by atoms with van der Waals surface area (Å²) < 4.78 is 0. The van der Waals surface area contributed by atoms with Crippen LogP contribution in [0, 0.1) is 0 Å². The average Bonchev–Trinajstić information content (AvgIpc) is 3.04. The van der Waals surface area contributed by atoms with Gasteiger partial charge in [0.15, 0.2) is 5.82 Å². The smallest absolute Gasteiger partial charge is 0.244 e. The van der Waals surface area contributed by atoms with E-state index in [1.807, 2.05) is 0 Å². The number of hydrogen-bond acceptors (Lipinski definition) is 6. The summed E-state index contributed by atoms with van der Waals surface area (Å²) in [6.45, 7) is 5.00. The number of anilines is 2. The van der Waals surface area contributed by atoms with Crippen LogP contribution in [0.4, 0.5) is 11.8 Å². The molecule has 0 unspecified atom stereocenters. The van der Waals surface area contributed by atoms with Crippen LogP contribution in [0.5, 0.6) is 0 Å². The highest BCUT2D eigenvalue weighted by Gasteiger charge is 2.19. The van der Waals surface area contributed by atoms with E-state index in [0.717, 1.165) is 38.5 Å². The fourth-order valence-electron chi connectivity index (χ4n) is 4.18. The molecule has 0 spiro atoms. The summed E-state index contributed by atoms with van der Waals surface area (Å²) in [6, 6.07) is 11.0. The molecule has 2 heterocycles. The second kappa shape index (κ2) is 10.3. The number of benzene rings is 1. The molecule has 2 aromatic rings. The van der Waals surface area contributed by atoms with Gasteiger partial charge in [-0.25, -0.2) is 0 Å². The van der Waals surface area contributed by atoms with E-state index in [4.69, 9.17) is 4.98 Å². The van der Waals surface area contributed by atoms with Crippen LogP contribution in [0.1, 0.15) is 44.1 Å². The predicted molar refractivity (Wildman–Crippen MR) is 119 cm³/mol. The highest BCUT2D eigenvalue weighted by Crippen LogP contribution is 2.20. The van der Waals surface area contributed by atoms with Crippen molar-refractivity contribution in [1.82, 2.24) is 20.1 Å². The first-order chi connectivity index (χ1) is 14.4. The number of piperazine rings is 1. The molecular formula is C23H32N6. The van der Waals surface area contributed by atoms with Crippen molar-refractivity contribution in [3.8, 4) is 0 Å². The number of nitrogens with one attached hydrogen (secondary N) is 1. The van der Waals surface area contributed by atoms with Crippen LogP contribution in [0.15, 0.2) is 42.6 Å². The standard InChI is InChI=1S/C23H32N6/c1-2-7-13-21(12-6-1)25-23-26-22(19-24-27-23)29-17-15-28(16-18-29)14-8-11-20-9-4-3-5-10-20/h3-5,8-11,19,21H,1-2,6-7,12-18H2,(H,25,26,27)/b11-8+. The molecule has 0 amide bonds. The Morgan fingerprint density at radius 2 is 1.72 bits per heavy atom. The van der Waals surface area contributed by atoms with Crippen molar-refractivity contribution in [3.05, 3.63) is 48.2 Å². The van der Waals surface area contributed by atoms with Gasteiger partial charge in [-0.05, 0) is 18.4 Å². The molecule has 1 aliphatic carbocycles. The second-order valence-electron chi connectivity index (χ2n) is 8.07. The quantitative estimate of drug-likeness (QED) is 0.754. The fraction of sp³-hybridized carbons (Fsp3) is 0.522. The van der Waals surface area contributed by atoms with Crippen molar-refractivity contribution in [2.75, 3.05) is 42.9 Å². The van der Waals surface area contributed by atoms with Crippen molar-refractivity contribution in [3.63, 3.8) is 0 Å². The molecule has 1 saturated heterocycles. The van der Waals surface area contributed by atoms with E-state index in [0.29, 0.717) is 12.0 Å². The Balaban J connectivity index is 1.26. The molecule has 29 heavy (non-hydrogen) atoms. The summed E-state index contributed by atoms with van der Waals surface area (Å²) in [5, 5.41) is 12.0. The van der Waals surface area contributed by atoms with Crippen LogP contribution in [0.3, 0.4) is 0 Å². The maximum Gasteiger partial charge on any atom is 0.244 e. The zero-order valence-electron chi connectivity index (χ0n) is 17.2. The lowest BCUT2D eigenvalue weighted by molar-refractivity contribution is 0.283. The van der Waals surface area contributed by atoms with Crippen LogP contribution in [-0.2, 0) is 0 Å². The highest BCUT2D eigenvalue weighted by molar-refractivity contribution is 5.48. The number of rotatable bonds is 6. The first-order valence-corrected chi connectivity index (χ1v) is 11.0. The molecule has 0 radical (unpaired) electrons. The van der Waals surface area contributed by atoms with Gasteiger partial charge >= 0.3 is 0 Å². The molecule has 1 saturated carbocycles. The Morgan fingerprint density at radius 3 is 2.48 bits per heavy atom. The molecule has 2 fully saturated rings. The normalized spacial score (nSPS) is 19.4. The Hall–Kier alpha value is -2.47. The molecule has 6 nitrogen and oxygen atoms in total. The van der Waals surface area contributed by atoms with Gasteiger partial charge in [0.1, 0.15) is 0 Å². The van der Waals surface area contributed by atoms with E-state index >= 15 is 0 Å². The van der Waals surface area contributed by atoms with E-state index in [2.05, 4.69) is 67.8 Å². The van der Waals surface area contributed by atoms with E-state index in [9.17, 15) is 0 Å². The van der Waals surface area contributed by atoms with Gasteiger partial charge < -0.3 is 10.2 Å². The lowest BCUT2D eigenvalue weighted by Gasteiger charge is -2.34. The van der Waals surface area contributed by atoms with Crippen LogP contribution in [0.2, 0.25) is 0 Å². The average molecular weight is 393 g/mol. The Kier molecular flexibility index (Phi) is 7.08. The Labute approximate surface area is 174 Å². The number of hydrogen-bond donors (Lipinski definition) is 1. The maximum absolute atomic E-state index is 4.76. The summed E-state index contributed by atoms with van der Waals surface area (Å²) in [5.41, 5.74) is 1.26. The van der Waals surface area contributed by atoms with Crippen LogP contribution >= 0.6 is 0 Å². The molecule has 1 N–H and O–H groups in total. The van der Waals surface area contributed by atoms with E-state index in [-0.39, 0.29) is 0 Å². The van der Waals surface area contributed by atoms with Gasteiger partial charge in [-0.3, -0.25) is 4.90 Å². The number of aromatic nitrogens is 3.